The Morgan fingerprint density at radius 2 is 2.16 bits per heavy atom. The summed E-state index contributed by atoms with van der Waals surface area (Å²) in [5.41, 5.74) is 1.48. The normalized spacial score (nSPS) is 10.5. The van der Waals surface area contributed by atoms with Crippen LogP contribution in [0.2, 0.25) is 0 Å². The van der Waals surface area contributed by atoms with E-state index in [1.54, 1.807) is 12.1 Å². The van der Waals surface area contributed by atoms with Gasteiger partial charge in [-0.1, -0.05) is 30.9 Å². The maximum atomic E-state index is 10.9. The minimum absolute atomic E-state index is 0.211. The number of ether oxygens (including phenoxy) is 1. The van der Waals surface area contributed by atoms with Crippen LogP contribution in [0.5, 0.6) is 5.75 Å². The summed E-state index contributed by atoms with van der Waals surface area (Å²) in [6.07, 6.45) is 5.43. The van der Waals surface area contributed by atoms with Crippen LogP contribution in [0, 0.1) is 0 Å². The minimum atomic E-state index is -0.211. The summed E-state index contributed by atoms with van der Waals surface area (Å²) in [5, 5.41) is 6.28. The first-order chi connectivity index (χ1) is 9.28. The molecule has 0 fully saturated rings. The molecule has 0 spiro atoms. The van der Waals surface area contributed by atoms with E-state index in [9.17, 15) is 4.79 Å². The molecule has 96 valence electrons. The van der Waals surface area contributed by atoms with Crippen molar-refractivity contribution in [3.8, 4) is 5.75 Å². The number of rotatable bonds is 5. The molecule has 0 saturated heterocycles. The molecule has 2 rings (SSSR count). The van der Waals surface area contributed by atoms with Gasteiger partial charge in [0.15, 0.2) is 0 Å². The monoisotopic (exact) mass is 254 g/mol. The number of aromatic amines is 1. The Balaban J connectivity index is 2.11. The summed E-state index contributed by atoms with van der Waals surface area (Å²) in [6.45, 7) is 4.09. The van der Waals surface area contributed by atoms with Crippen LogP contribution in [0.4, 0.5) is 0 Å². The molecule has 1 aromatic carbocycles. The average molecular weight is 254 g/mol. The van der Waals surface area contributed by atoms with Gasteiger partial charge in [0.1, 0.15) is 12.4 Å². The lowest BCUT2D eigenvalue weighted by molar-refractivity contribution is 0.363. The molecule has 0 atom stereocenters. The van der Waals surface area contributed by atoms with E-state index in [2.05, 4.69) is 16.8 Å². The van der Waals surface area contributed by atoms with Crippen molar-refractivity contribution >= 4 is 12.2 Å². The summed E-state index contributed by atoms with van der Waals surface area (Å²) in [7, 11) is 0. The molecular formula is C15H14N2O2. The molecule has 0 aliphatic rings. The SMILES string of the molecule is C=CCOc1cccc(/C=C/c2ccc(=O)[nH]n2)c1. The van der Waals surface area contributed by atoms with Crippen LogP contribution in [-0.4, -0.2) is 16.8 Å². The topological polar surface area (TPSA) is 55.0 Å². The fourth-order valence-corrected chi connectivity index (χ4v) is 1.49. The Morgan fingerprint density at radius 1 is 1.26 bits per heavy atom. The van der Waals surface area contributed by atoms with Crippen molar-refractivity contribution < 1.29 is 4.74 Å². The molecule has 19 heavy (non-hydrogen) atoms. The van der Waals surface area contributed by atoms with Gasteiger partial charge in [0, 0.05) is 6.07 Å². The summed E-state index contributed by atoms with van der Waals surface area (Å²) in [6, 6.07) is 10.8. The Hall–Kier alpha value is -2.62. The van der Waals surface area contributed by atoms with Gasteiger partial charge < -0.3 is 4.74 Å². The van der Waals surface area contributed by atoms with Crippen molar-refractivity contribution in [1.29, 1.82) is 0 Å². The van der Waals surface area contributed by atoms with Crippen molar-refractivity contribution in [1.82, 2.24) is 10.2 Å². The van der Waals surface area contributed by atoms with Gasteiger partial charge in [-0.25, -0.2) is 5.10 Å². The van der Waals surface area contributed by atoms with Gasteiger partial charge >= 0.3 is 0 Å². The summed E-state index contributed by atoms with van der Waals surface area (Å²) in [5.74, 6) is 0.788. The first kappa shape index (κ1) is 12.8. The molecule has 2 aromatic rings. The van der Waals surface area contributed by atoms with Crippen LogP contribution in [-0.2, 0) is 0 Å². The third kappa shape index (κ3) is 3.96. The Bertz CT molecular complexity index is 624. The Labute approximate surface area is 111 Å². The van der Waals surface area contributed by atoms with Crippen molar-refractivity contribution in [2.24, 2.45) is 0 Å². The standard InChI is InChI=1S/C15H14N2O2/c1-2-10-19-14-5-3-4-12(11-14)6-7-13-8-9-15(18)17-16-13/h2-9,11H,1,10H2,(H,17,18)/b7-6+. The highest BCUT2D eigenvalue weighted by Crippen LogP contribution is 2.15. The van der Waals surface area contributed by atoms with Gasteiger partial charge in [-0.15, -0.1) is 0 Å². The van der Waals surface area contributed by atoms with E-state index in [4.69, 9.17) is 4.74 Å². The van der Waals surface area contributed by atoms with E-state index in [-0.39, 0.29) is 5.56 Å². The number of nitrogens with zero attached hydrogens (tertiary/aromatic N) is 1. The smallest absolute Gasteiger partial charge is 0.264 e. The van der Waals surface area contributed by atoms with Gasteiger partial charge in [-0.05, 0) is 29.8 Å². The highest BCUT2D eigenvalue weighted by Gasteiger charge is 1.94. The maximum Gasteiger partial charge on any atom is 0.264 e. The lowest BCUT2D eigenvalue weighted by Crippen LogP contribution is -2.05. The number of benzene rings is 1. The van der Waals surface area contributed by atoms with Crippen molar-refractivity contribution in [2.75, 3.05) is 6.61 Å². The maximum absolute atomic E-state index is 10.9. The molecule has 0 amide bonds. The second-order valence-electron chi connectivity index (χ2n) is 3.85. The van der Waals surface area contributed by atoms with Crippen molar-refractivity contribution in [3.63, 3.8) is 0 Å². The van der Waals surface area contributed by atoms with E-state index >= 15 is 0 Å². The molecule has 0 unspecified atom stereocenters. The van der Waals surface area contributed by atoms with Crippen LogP contribution < -0.4 is 10.3 Å². The van der Waals surface area contributed by atoms with Crippen LogP contribution in [0.25, 0.3) is 12.2 Å². The quantitative estimate of drug-likeness (QED) is 0.834. The molecule has 1 heterocycles. The second-order valence-corrected chi connectivity index (χ2v) is 3.85. The van der Waals surface area contributed by atoms with Crippen LogP contribution in [0.1, 0.15) is 11.3 Å². The van der Waals surface area contributed by atoms with E-state index in [0.717, 1.165) is 11.3 Å². The molecule has 0 aliphatic heterocycles. The van der Waals surface area contributed by atoms with Gasteiger partial charge in [0.2, 0.25) is 0 Å². The fourth-order valence-electron chi connectivity index (χ4n) is 1.49. The van der Waals surface area contributed by atoms with Crippen LogP contribution in [0.3, 0.4) is 0 Å². The van der Waals surface area contributed by atoms with Crippen LogP contribution >= 0.6 is 0 Å². The molecule has 0 aliphatic carbocycles. The van der Waals surface area contributed by atoms with E-state index in [1.807, 2.05) is 36.4 Å². The van der Waals surface area contributed by atoms with E-state index < -0.39 is 0 Å². The first-order valence-corrected chi connectivity index (χ1v) is 5.85. The second kappa shape index (κ2) is 6.35. The number of H-pyrrole nitrogens is 1. The average Bonchev–Trinajstić information content (AvgIpc) is 2.45. The molecular weight excluding hydrogens is 240 g/mol. The van der Waals surface area contributed by atoms with Gasteiger partial charge in [0.25, 0.3) is 5.56 Å². The first-order valence-electron chi connectivity index (χ1n) is 5.85. The molecule has 4 heteroatoms. The third-order valence-corrected chi connectivity index (χ3v) is 2.37. The van der Waals surface area contributed by atoms with Gasteiger partial charge in [-0.2, -0.15) is 5.10 Å². The molecule has 0 saturated carbocycles. The number of nitrogens with one attached hydrogen (secondary N) is 1. The summed E-state index contributed by atoms with van der Waals surface area (Å²) in [4.78, 5) is 10.9. The third-order valence-electron chi connectivity index (χ3n) is 2.37. The lowest BCUT2D eigenvalue weighted by atomic mass is 10.2. The molecule has 0 radical (unpaired) electrons. The van der Waals surface area contributed by atoms with E-state index in [1.165, 1.54) is 6.07 Å². The zero-order chi connectivity index (χ0) is 13.5. The van der Waals surface area contributed by atoms with Crippen molar-refractivity contribution in [3.05, 3.63) is 70.7 Å². The van der Waals surface area contributed by atoms with Crippen LogP contribution in [0.15, 0.2) is 53.8 Å². The minimum Gasteiger partial charge on any atom is -0.490 e. The van der Waals surface area contributed by atoms with E-state index in [0.29, 0.717) is 12.3 Å². The predicted molar refractivity (Wildman–Crippen MR) is 75.9 cm³/mol. The lowest BCUT2D eigenvalue weighted by Gasteiger charge is -2.03. The zero-order valence-corrected chi connectivity index (χ0v) is 10.4. The number of hydrogen-bond acceptors (Lipinski definition) is 3. The highest BCUT2D eigenvalue weighted by molar-refractivity contribution is 5.68. The molecule has 1 aromatic heterocycles. The number of hydrogen-bond donors (Lipinski definition) is 1. The summed E-state index contributed by atoms with van der Waals surface area (Å²) >= 11 is 0. The van der Waals surface area contributed by atoms with Gasteiger partial charge in [-0.3, -0.25) is 4.79 Å². The Morgan fingerprint density at radius 3 is 2.89 bits per heavy atom. The molecule has 4 nitrogen and oxygen atoms in total. The molecule has 1 N–H and O–H groups in total. The fraction of sp³-hybridized carbons (Fsp3) is 0.0667. The Kier molecular flexibility index (Phi) is 4.29. The highest BCUT2D eigenvalue weighted by atomic mass is 16.5. The number of aromatic nitrogens is 2. The van der Waals surface area contributed by atoms with Gasteiger partial charge in [0.05, 0.1) is 5.69 Å². The largest absolute Gasteiger partial charge is 0.490 e. The summed E-state index contributed by atoms with van der Waals surface area (Å²) < 4.78 is 5.45. The molecule has 0 bridgehead atoms. The zero-order valence-electron chi connectivity index (χ0n) is 10.4. The van der Waals surface area contributed by atoms with Crippen molar-refractivity contribution in [2.45, 2.75) is 0 Å². The predicted octanol–water partition coefficient (Wildman–Crippen LogP) is 2.51.